The Labute approximate surface area is 125 Å². The van der Waals surface area contributed by atoms with Crippen LogP contribution in [0.2, 0.25) is 0 Å². The van der Waals surface area contributed by atoms with E-state index in [4.69, 9.17) is 0 Å². The van der Waals surface area contributed by atoms with Gasteiger partial charge in [0.15, 0.2) is 6.10 Å². The van der Waals surface area contributed by atoms with Gasteiger partial charge in [0.05, 0.1) is 13.2 Å². The molecule has 1 aromatic rings. The zero-order valence-corrected chi connectivity index (χ0v) is 12.2. The number of aromatic nitrogens is 1. The highest BCUT2D eigenvalue weighted by Crippen LogP contribution is 2.26. The van der Waals surface area contributed by atoms with Crippen molar-refractivity contribution in [3.8, 4) is 0 Å². The van der Waals surface area contributed by atoms with E-state index in [1.165, 1.54) is 6.07 Å². The number of nitrogens with zero attached hydrogens (tertiary/aromatic N) is 1. The minimum Gasteiger partial charge on any atom is -0.365 e. The second-order valence-corrected chi connectivity index (χ2v) is 5.46. The molecule has 1 saturated heterocycles. The number of rotatable bonds is 2. The van der Waals surface area contributed by atoms with Crippen molar-refractivity contribution >= 4 is 5.91 Å². The van der Waals surface area contributed by atoms with Gasteiger partial charge in [0.25, 0.3) is 11.5 Å². The molecule has 1 fully saturated rings. The van der Waals surface area contributed by atoms with Crippen LogP contribution in [0.5, 0.6) is 0 Å². The third-order valence-electron chi connectivity index (χ3n) is 3.50. The summed E-state index contributed by atoms with van der Waals surface area (Å²) in [4.78, 5) is 27.8. The van der Waals surface area contributed by atoms with Crippen LogP contribution in [0.25, 0.3) is 0 Å². The molecule has 0 radical (unpaired) electrons. The summed E-state index contributed by atoms with van der Waals surface area (Å²) in [5.74, 6) is -0.635. The Morgan fingerprint density at radius 3 is 2.64 bits per heavy atom. The molecule has 0 bridgehead atoms. The topological polar surface area (TPSA) is 62.4 Å². The number of carbonyl (C=O) groups excluding carboxylic acids is 1. The van der Waals surface area contributed by atoms with Crippen LogP contribution in [0.4, 0.5) is 13.2 Å². The lowest BCUT2D eigenvalue weighted by Gasteiger charge is -2.33. The molecule has 1 aliphatic rings. The average molecular weight is 318 g/mol. The average Bonchev–Trinajstić information content (AvgIpc) is 2.45. The van der Waals surface area contributed by atoms with Gasteiger partial charge in [-0.2, -0.15) is 13.2 Å². The Balaban J connectivity index is 2.19. The van der Waals surface area contributed by atoms with Crippen molar-refractivity contribution in [2.24, 2.45) is 0 Å². The van der Waals surface area contributed by atoms with E-state index in [9.17, 15) is 22.8 Å². The number of hydrogen-bond donors (Lipinski definition) is 1. The van der Waals surface area contributed by atoms with E-state index in [1.807, 2.05) is 13.8 Å². The lowest BCUT2D eigenvalue weighted by Crippen LogP contribution is -2.51. The Morgan fingerprint density at radius 2 is 2.09 bits per heavy atom. The quantitative estimate of drug-likeness (QED) is 0.906. The van der Waals surface area contributed by atoms with E-state index in [-0.39, 0.29) is 24.6 Å². The first-order chi connectivity index (χ1) is 10.2. The fourth-order valence-electron chi connectivity index (χ4n) is 2.20. The summed E-state index contributed by atoms with van der Waals surface area (Å²) >= 11 is 0. The molecule has 0 spiro atoms. The maximum atomic E-state index is 12.7. The zero-order valence-electron chi connectivity index (χ0n) is 12.2. The number of carbonyl (C=O) groups is 1. The number of nitrogens with one attached hydrogen (secondary N) is 1. The number of halogens is 3. The minimum atomic E-state index is -4.53. The maximum absolute atomic E-state index is 12.7. The molecule has 22 heavy (non-hydrogen) atoms. The fraction of sp³-hybridized carbons (Fsp3) is 0.571. The number of amides is 1. The first-order valence-corrected chi connectivity index (χ1v) is 6.91. The molecule has 1 aliphatic heterocycles. The number of H-pyrrole nitrogens is 1. The van der Waals surface area contributed by atoms with Crippen LogP contribution in [0, 0.1) is 0 Å². The van der Waals surface area contributed by atoms with Crippen LogP contribution < -0.4 is 5.56 Å². The largest absolute Gasteiger partial charge is 0.416 e. The summed E-state index contributed by atoms with van der Waals surface area (Å²) in [5.41, 5.74) is -0.0878. The number of alkyl halides is 3. The Morgan fingerprint density at radius 1 is 1.41 bits per heavy atom. The van der Waals surface area contributed by atoms with Gasteiger partial charge < -0.3 is 14.6 Å². The van der Waals surface area contributed by atoms with Gasteiger partial charge in [-0.3, -0.25) is 9.59 Å². The third-order valence-corrected chi connectivity index (χ3v) is 3.50. The van der Waals surface area contributed by atoms with Crippen molar-refractivity contribution in [3.05, 3.63) is 33.7 Å². The Bertz CT molecular complexity index is 610. The van der Waals surface area contributed by atoms with E-state index < -0.39 is 30.3 Å². The normalized spacial score (nSPS) is 19.5. The molecule has 1 amide bonds. The summed E-state index contributed by atoms with van der Waals surface area (Å²) in [7, 11) is 0. The van der Waals surface area contributed by atoms with Crippen LogP contribution in [0.3, 0.4) is 0 Å². The van der Waals surface area contributed by atoms with Crippen molar-refractivity contribution < 1.29 is 22.7 Å². The number of aromatic amines is 1. The molecular weight excluding hydrogens is 301 g/mol. The highest BCUT2D eigenvalue weighted by atomic mass is 19.4. The Kier molecular flexibility index (Phi) is 4.60. The van der Waals surface area contributed by atoms with Gasteiger partial charge in [0, 0.05) is 12.2 Å². The van der Waals surface area contributed by atoms with Gasteiger partial charge >= 0.3 is 6.18 Å². The smallest absolute Gasteiger partial charge is 0.365 e. The first-order valence-electron chi connectivity index (χ1n) is 6.91. The number of pyridine rings is 1. The van der Waals surface area contributed by atoms with Crippen molar-refractivity contribution in [3.63, 3.8) is 0 Å². The number of ether oxygens (including phenoxy) is 1. The highest BCUT2D eigenvalue weighted by Gasteiger charge is 2.44. The van der Waals surface area contributed by atoms with E-state index in [2.05, 4.69) is 9.72 Å². The summed E-state index contributed by atoms with van der Waals surface area (Å²) in [6.07, 6.45) is -6.55. The number of morpholine rings is 1. The second-order valence-electron chi connectivity index (χ2n) is 5.46. The maximum Gasteiger partial charge on any atom is 0.416 e. The van der Waals surface area contributed by atoms with Crippen LogP contribution >= 0.6 is 0 Å². The molecule has 2 rings (SSSR count). The molecule has 1 atom stereocenters. The van der Waals surface area contributed by atoms with E-state index in [0.29, 0.717) is 5.69 Å². The predicted octanol–water partition coefficient (Wildman–Crippen LogP) is 1.90. The molecule has 1 N–H and O–H groups in total. The van der Waals surface area contributed by atoms with Gasteiger partial charge in [-0.25, -0.2) is 0 Å². The number of hydrogen-bond acceptors (Lipinski definition) is 3. The molecule has 5 nitrogen and oxygen atoms in total. The minimum absolute atomic E-state index is 0.0246. The summed E-state index contributed by atoms with van der Waals surface area (Å²) in [6, 6.07) is 2.95. The van der Waals surface area contributed by atoms with E-state index in [1.54, 1.807) is 6.07 Å². The van der Waals surface area contributed by atoms with Crippen LogP contribution in [-0.4, -0.2) is 47.8 Å². The van der Waals surface area contributed by atoms with Gasteiger partial charge in [0.1, 0.15) is 5.56 Å². The predicted molar refractivity (Wildman–Crippen MR) is 72.9 cm³/mol. The van der Waals surface area contributed by atoms with Gasteiger partial charge in [-0.15, -0.1) is 0 Å². The van der Waals surface area contributed by atoms with E-state index >= 15 is 0 Å². The Hall–Kier alpha value is -1.83. The molecule has 1 aromatic heterocycles. The molecule has 0 aliphatic carbocycles. The lowest BCUT2D eigenvalue weighted by atomic mass is 10.1. The van der Waals surface area contributed by atoms with Crippen LogP contribution in [-0.2, 0) is 4.74 Å². The standard InChI is InChI=1S/C14H17F3N2O3/c1-8(2)10-4-3-9(12(20)18-10)13(21)19-5-6-22-11(7-19)14(15,16)17/h3-4,8,11H,5-7H2,1-2H3,(H,18,20)/t11-/m1/s1. The molecule has 2 heterocycles. The van der Waals surface area contributed by atoms with Crippen LogP contribution in [0.15, 0.2) is 16.9 Å². The zero-order chi connectivity index (χ0) is 16.5. The summed E-state index contributed by atoms with van der Waals surface area (Å²) in [6.45, 7) is 2.97. The molecule has 0 aromatic carbocycles. The van der Waals surface area contributed by atoms with Gasteiger partial charge in [-0.1, -0.05) is 13.8 Å². The van der Waals surface area contributed by atoms with Crippen molar-refractivity contribution in [2.75, 3.05) is 19.7 Å². The molecule has 122 valence electrons. The molecular formula is C14H17F3N2O3. The molecule has 0 saturated carbocycles. The first kappa shape index (κ1) is 16.5. The van der Waals surface area contributed by atoms with Crippen LogP contribution in [0.1, 0.15) is 35.8 Å². The van der Waals surface area contributed by atoms with Gasteiger partial charge in [-0.05, 0) is 18.1 Å². The van der Waals surface area contributed by atoms with Crippen molar-refractivity contribution in [1.29, 1.82) is 0 Å². The fourth-order valence-corrected chi connectivity index (χ4v) is 2.20. The lowest BCUT2D eigenvalue weighted by molar-refractivity contribution is -0.233. The molecule has 0 unspecified atom stereocenters. The van der Waals surface area contributed by atoms with Crippen molar-refractivity contribution in [1.82, 2.24) is 9.88 Å². The summed E-state index contributed by atoms with van der Waals surface area (Å²) in [5, 5.41) is 0. The van der Waals surface area contributed by atoms with E-state index in [0.717, 1.165) is 4.90 Å². The second kappa shape index (κ2) is 6.12. The summed E-state index contributed by atoms with van der Waals surface area (Å²) < 4.78 is 42.6. The highest BCUT2D eigenvalue weighted by molar-refractivity contribution is 5.93. The van der Waals surface area contributed by atoms with Crippen molar-refractivity contribution in [2.45, 2.75) is 32.0 Å². The monoisotopic (exact) mass is 318 g/mol. The molecule has 8 heteroatoms. The SMILES string of the molecule is CC(C)c1ccc(C(=O)N2CCO[C@@H](C(F)(F)F)C2)c(=O)[nH]1. The van der Waals surface area contributed by atoms with Gasteiger partial charge in [0.2, 0.25) is 0 Å². The third kappa shape index (κ3) is 3.49.